The Morgan fingerprint density at radius 1 is 1.62 bits per heavy atom. The summed E-state index contributed by atoms with van der Waals surface area (Å²) in [5, 5.41) is 0. The number of halogens is 1. The van der Waals surface area contributed by atoms with Crippen LogP contribution in [0.5, 0.6) is 5.75 Å². The highest BCUT2D eigenvalue weighted by molar-refractivity contribution is 5.22. The summed E-state index contributed by atoms with van der Waals surface area (Å²) in [4.78, 5) is 0. The Morgan fingerprint density at radius 2 is 2.46 bits per heavy atom. The average Bonchev–Trinajstić information content (AvgIpc) is 2.05. The number of hydrogen-bond acceptors (Lipinski definition) is 2. The van der Waals surface area contributed by atoms with E-state index in [1.54, 1.807) is 12.1 Å². The standard InChI is InChI=1S/C10H10FO2/c11-9-3-1-2-4-10(9)13-7-8-5-12-6-8/h2-4,8H,5-7H2. The Morgan fingerprint density at radius 3 is 3.08 bits per heavy atom. The molecule has 0 saturated carbocycles. The van der Waals surface area contributed by atoms with Crippen LogP contribution in [-0.4, -0.2) is 19.8 Å². The van der Waals surface area contributed by atoms with Crippen LogP contribution in [0.1, 0.15) is 0 Å². The summed E-state index contributed by atoms with van der Waals surface area (Å²) >= 11 is 0. The van der Waals surface area contributed by atoms with E-state index in [2.05, 4.69) is 6.07 Å². The summed E-state index contributed by atoms with van der Waals surface area (Å²) in [5.41, 5.74) is 0. The Balaban J connectivity index is 1.89. The van der Waals surface area contributed by atoms with Gasteiger partial charge < -0.3 is 9.47 Å². The predicted molar refractivity (Wildman–Crippen MR) is 45.0 cm³/mol. The maximum absolute atomic E-state index is 13.0. The second kappa shape index (κ2) is 3.75. The Kier molecular flexibility index (Phi) is 2.45. The number of benzene rings is 1. The minimum absolute atomic E-state index is 0.297. The van der Waals surface area contributed by atoms with Gasteiger partial charge in [0.05, 0.1) is 19.8 Å². The van der Waals surface area contributed by atoms with E-state index in [1.807, 2.05) is 0 Å². The van der Waals surface area contributed by atoms with Crippen LogP contribution in [0.4, 0.5) is 4.39 Å². The summed E-state index contributed by atoms with van der Waals surface area (Å²) in [7, 11) is 0. The van der Waals surface area contributed by atoms with E-state index in [1.165, 1.54) is 6.07 Å². The van der Waals surface area contributed by atoms with Gasteiger partial charge in [-0.3, -0.25) is 0 Å². The molecule has 2 rings (SSSR count). The molecule has 1 aliphatic heterocycles. The summed E-state index contributed by atoms with van der Waals surface area (Å²) in [6.07, 6.45) is 0. The van der Waals surface area contributed by atoms with Gasteiger partial charge >= 0.3 is 0 Å². The fourth-order valence-corrected chi connectivity index (χ4v) is 1.10. The van der Waals surface area contributed by atoms with Crippen molar-refractivity contribution in [3.05, 3.63) is 30.1 Å². The molecule has 1 aromatic rings. The lowest BCUT2D eigenvalue weighted by atomic mass is 10.1. The van der Waals surface area contributed by atoms with Gasteiger partial charge in [0.25, 0.3) is 0 Å². The van der Waals surface area contributed by atoms with Gasteiger partial charge in [-0.15, -0.1) is 0 Å². The summed E-state index contributed by atoms with van der Waals surface area (Å²) < 4.78 is 23.2. The summed E-state index contributed by atoms with van der Waals surface area (Å²) in [6, 6.07) is 7.12. The van der Waals surface area contributed by atoms with Gasteiger partial charge in [0, 0.05) is 5.92 Å². The SMILES string of the molecule is Fc1c[c]ccc1OCC1COC1. The topological polar surface area (TPSA) is 18.5 Å². The van der Waals surface area contributed by atoms with Crippen LogP contribution in [0.25, 0.3) is 0 Å². The monoisotopic (exact) mass is 181 g/mol. The zero-order valence-corrected chi connectivity index (χ0v) is 7.13. The molecule has 0 bridgehead atoms. The van der Waals surface area contributed by atoms with Gasteiger partial charge in [0.1, 0.15) is 0 Å². The van der Waals surface area contributed by atoms with Gasteiger partial charge in [-0.2, -0.15) is 0 Å². The molecule has 0 unspecified atom stereocenters. The Bertz CT molecular complexity index is 284. The van der Waals surface area contributed by atoms with Crippen LogP contribution in [-0.2, 0) is 4.74 Å². The van der Waals surface area contributed by atoms with Crippen LogP contribution in [0.3, 0.4) is 0 Å². The average molecular weight is 181 g/mol. The lowest BCUT2D eigenvalue weighted by molar-refractivity contribution is -0.0512. The minimum atomic E-state index is -0.359. The third-order valence-electron chi connectivity index (χ3n) is 1.96. The quantitative estimate of drug-likeness (QED) is 0.705. The first-order valence-electron chi connectivity index (χ1n) is 4.22. The van der Waals surface area contributed by atoms with Crippen molar-refractivity contribution in [1.29, 1.82) is 0 Å². The third kappa shape index (κ3) is 1.98. The Hall–Kier alpha value is -1.09. The zero-order valence-electron chi connectivity index (χ0n) is 7.13. The van der Waals surface area contributed by atoms with Gasteiger partial charge in [-0.05, 0) is 18.2 Å². The van der Waals surface area contributed by atoms with Crippen molar-refractivity contribution in [2.24, 2.45) is 5.92 Å². The molecular formula is C10H10FO2. The summed E-state index contributed by atoms with van der Waals surface area (Å²) in [5.74, 6) is 0.358. The first-order chi connectivity index (χ1) is 6.36. The van der Waals surface area contributed by atoms with E-state index in [9.17, 15) is 4.39 Å². The maximum atomic E-state index is 13.0. The van der Waals surface area contributed by atoms with Gasteiger partial charge in [0.15, 0.2) is 11.6 Å². The van der Waals surface area contributed by atoms with Crippen molar-refractivity contribution in [3.63, 3.8) is 0 Å². The lowest BCUT2D eigenvalue weighted by Gasteiger charge is -2.25. The lowest BCUT2D eigenvalue weighted by Crippen LogP contribution is -2.32. The second-order valence-electron chi connectivity index (χ2n) is 3.07. The van der Waals surface area contributed by atoms with Crippen molar-refractivity contribution in [2.75, 3.05) is 19.8 Å². The van der Waals surface area contributed by atoms with Crippen LogP contribution in [0.15, 0.2) is 18.2 Å². The molecule has 0 atom stereocenters. The van der Waals surface area contributed by atoms with Crippen LogP contribution < -0.4 is 4.74 Å². The van der Waals surface area contributed by atoms with Crippen molar-refractivity contribution < 1.29 is 13.9 Å². The first-order valence-corrected chi connectivity index (χ1v) is 4.22. The van der Waals surface area contributed by atoms with Gasteiger partial charge in [0.2, 0.25) is 0 Å². The number of ether oxygens (including phenoxy) is 2. The van der Waals surface area contributed by atoms with Crippen LogP contribution in [0.2, 0.25) is 0 Å². The van der Waals surface area contributed by atoms with E-state index in [0.29, 0.717) is 18.3 Å². The maximum Gasteiger partial charge on any atom is 0.165 e. The normalized spacial score (nSPS) is 16.7. The van der Waals surface area contributed by atoms with Crippen molar-refractivity contribution in [2.45, 2.75) is 0 Å². The predicted octanol–water partition coefficient (Wildman–Crippen LogP) is 1.65. The molecule has 1 fully saturated rings. The van der Waals surface area contributed by atoms with E-state index < -0.39 is 0 Å². The highest BCUT2D eigenvalue weighted by atomic mass is 19.1. The van der Waals surface area contributed by atoms with E-state index in [-0.39, 0.29) is 5.82 Å². The van der Waals surface area contributed by atoms with E-state index >= 15 is 0 Å². The molecule has 69 valence electrons. The van der Waals surface area contributed by atoms with Crippen molar-refractivity contribution >= 4 is 0 Å². The zero-order chi connectivity index (χ0) is 9.10. The fourth-order valence-electron chi connectivity index (χ4n) is 1.10. The molecule has 0 amide bonds. The molecule has 0 aliphatic carbocycles. The molecule has 1 aliphatic rings. The molecule has 0 spiro atoms. The number of hydrogen-bond donors (Lipinski definition) is 0. The van der Waals surface area contributed by atoms with E-state index in [0.717, 1.165) is 13.2 Å². The molecule has 1 aromatic carbocycles. The fraction of sp³-hybridized carbons (Fsp3) is 0.400. The largest absolute Gasteiger partial charge is 0.490 e. The highest BCUT2D eigenvalue weighted by Gasteiger charge is 2.19. The molecule has 0 N–H and O–H groups in total. The van der Waals surface area contributed by atoms with Gasteiger partial charge in [-0.1, -0.05) is 6.07 Å². The van der Waals surface area contributed by atoms with E-state index in [4.69, 9.17) is 9.47 Å². The molecule has 1 saturated heterocycles. The van der Waals surface area contributed by atoms with Crippen molar-refractivity contribution in [1.82, 2.24) is 0 Å². The smallest absolute Gasteiger partial charge is 0.165 e. The molecule has 2 nitrogen and oxygen atoms in total. The number of rotatable bonds is 3. The molecule has 0 aromatic heterocycles. The third-order valence-corrected chi connectivity index (χ3v) is 1.96. The van der Waals surface area contributed by atoms with Crippen molar-refractivity contribution in [3.8, 4) is 5.75 Å². The minimum Gasteiger partial charge on any atom is -0.490 e. The summed E-state index contributed by atoms with van der Waals surface area (Å²) in [6.45, 7) is 1.97. The molecule has 1 radical (unpaired) electrons. The Labute approximate surface area is 76.3 Å². The van der Waals surface area contributed by atoms with Crippen LogP contribution in [0, 0.1) is 17.8 Å². The van der Waals surface area contributed by atoms with Crippen LogP contribution >= 0.6 is 0 Å². The first kappa shape index (κ1) is 8.51. The molecular weight excluding hydrogens is 171 g/mol. The molecule has 3 heteroatoms. The van der Waals surface area contributed by atoms with Gasteiger partial charge in [-0.25, -0.2) is 4.39 Å². The molecule has 13 heavy (non-hydrogen) atoms. The second-order valence-corrected chi connectivity index (χ2v) is 3.07. The highest BCUT2D eigenvalue weighted by Crippen LogP contribution is 2.18. The molecule has 1 heterocycles.